The number of oxazole rings is 1. The van der Waals surface area contributed by atoms with Crippen molar-refractivity contribution in [3.05, 3.63) is 102 Å². The maximum atomic E-state index is 13.5. The molecule has 0 radical (unpaired) electrons. The molecule has 0 saturated heterocycles. The zero-order chi connectivity index (χ0) is 35.9. The smallest absolute Gasteiger partial charge is 0.328 e. The molecule has 4 bridgehead atoms. The highest BCUT2D eigenvalue weighted by atomic mass is 32.1. The molecule has 1 aliphatic heterocycles. The lowest BCUT2D eigenvalue weighted by atomic mass is 10.0. The maximum absolute atomic E-state index is 13.5. The number of aromatic nitrogens is 4. The number of hydrogen-bond donors (Lipinski definition) is 4. The van der Waals surface area contributed by atoms with Crippen molar-refractivity contribution in [1.82, 2.24) is 40.4 Å². The molecule has 2 atom stereocenters. The Balaban J connectivity index is 1.44. The molecule has 0 saturated carbocycles. The normalized spacial score (nSPS) is 17.9. The van der Waals surface area contributed by atoms with Crippen LogP contribution in [0.25, 0.3) is 0 Å². The van der Waals surface area contributed by atoms with Crippen molar-refractivity contribution >= 4 is 35.0 Å². The highest BCUT2D eigenvalue weighted by Crippen LogP contribution is 2.27. The van der Waals surface area contributed by atoms with E-state index in [1.165, 1.54) is 29.4 Å². The van der Waals surface area contributed by atoms with Crippen molar-refractivity contribution in [3.8, 4) is 0 Å². The summed E-state index contributed by atoms with van der Waals surface area (Å²) in [5.74, 6) is -1.33. The summed E-state index contributed by atoms with van der Waals surface area (Å²) >= 11 is 1.24. The fraction of sp³-hybridized carbons (Fsp3) is 0.412. The van der Waals surface area contributed by atoms with Gasteiger partial charge in [-0.3, -0.25) is 33.5 Å². The van der Waals surface area contributed by atoms with Crippen molar-refractivity contribution in [2.24, 2.45) is 5.92 Å². The molecule has 3 aromatic heterocycles. The Kier molecular flexibility index (Phi) is 11.4. The number of amides is 4. The molecule has 4 amide bonds. The van der Waals surface area contributed by atoms with Gasteiger partial charge < -0.3 is 25.3 Å². The standard InChI is InChI=1S/C34H40N8O7S/c1-19(2)27-33-37-24(18-50-33)30(46)35-12-14-41(26(44)17-42-16-20(3)29(45)40-34(42)48)13-8-11-25(43)36-23(15-22-9-6-5-7-10-22)32-39-28(21(4)49-32)31(47)38-27/h5-7,9-10,16,18-19,23,27H,8,11-15,17H2,1-4H3,(H,35,46)(H,36,43)(H,38,47)(H,40,45,48)/t23-,27-/m0/s1. The monoisotopic (exact) mass is 704 g/mol. The van der Waals surface area contributed by atoms with Gasteiger partial charge >= 0.3 is 5.69 Å². The minimum atomic E-state index is -0.723. The summed E-state index contributed by atoms with van der Waals surface area (Å²) < 4.78 is 7.09. The second-order valence-electron chi connectivity index (χ2n) is 12.5. The fourth-order valence-corrected chi connectivity index (χ4v) is 6.54. The van der Waals surface area contributed by atoms with Crippen LogP contribution < -0.4 is 27.2 Å². The van der Waals surface area contributed by atoms with Gasteiger partial charge in [-0.05, 0) is 31.7 Å². The van der Waals surface area contributed by atoms with Crippen LogP contribution in [0.2, 0.25) is 0 Å². The Morgan fingerprint density at radius 3 is 2.52 bits per heavy atom. The number of nitrogens with zero attached hydrogens (tertiary/aromatic N) is 4. The van der Waals surface area contributed by atoms with Gasteiger partial charge in [0.15, 0.2) is 5.69 Å². The predicted molar refractivity (Wildman–Crippen MR) is 184 cm³/mol. The number of aromatic amines is 1. The molecule has 15 nitrogen and oxygen atoms in total. The van der Waals surface area contributed by atoms with Gasteiger partial charge in [-0.25, -0.2) is 14.8 Å². The van der Waals surface area contributed by atoms with Crippen LogP contribution in [0.1, 0.15) is 87.5 Å². The molecule has 16 heteroatoms. The van der Waals surface area contributed by atoms with E-state index >= 15 is 0 Å². The Morgan fingerprint density at radius 2 is 1.78 bits per heavy atom. The lowest BCUT2D eigenvalue weighted by molar-refractivity contribution is -0.132. The highest BCUT2D eigenvalue weighted by molar-refractivity contribution is 7.09. The van der Waals surface area contributed by atoms with E-state index in [-0.39, 0.29) is 79.4 Å². The number of hydrogen-bond acceptors (Lipinski definition) is 10. The number of carbonyl (C=O) groups excluding carboxylic acids is 4. The van der Waals surface area contributed by atoms with Crippen LogP contribution in [0.15, 0.2) is 55.9 Å². The molecule has 0 aliphatic carbocycles. The Morgan fingerprint density at radius 1 is 1.02 bits per heavy atom. The molecule has 50 heavy (non-hydrogen) atoms. The minimum Gasteiger partial charge on any atom is -0.443 e. The third-order valence-corrected chi connectivity index (χ3v) is 9.19. The van der Waals surface area contributed by atoms with Crippen LogP contribution in [0.5, 0.6) is 0 Å². The maximum Gasteiger partial charge on any atom is 0.328 e. The number of carbonyl (C=O) groups is 4. The molecule has 4 N–H and O–H groups in total. The number of rotatable bonds is 5. The van der Waals surface area contributed by atoms with Gasteiger partial charge in [0.05, 0.1) is 6.04 Å². The molecule has 1 aromatic carbocycles. The molecule has 1 aliphatic rings. The SMILES string of the molecule is Cc1oc2nc1C(=O)N[C@@H](C(C)C)c1nc(cs1)C(=O)NCCN(C(=O)Cn1cc(C)c(=O)[nH]c1=O)CCCC(=O)N[C@H]2Cc1ccccc1. The number of aryl methyl sites for hydroxylation is 2. The Bertz CT molecular complexity index is 1980. The van der Waals surface area contributed by atoms with Gasteiger partial charge in [0, 0.05) is 49.6 Å². The van der Waals surface area contributed by atoms with Crippen molar-refractivity contribution in [3.63, 3.8) is 0 Å². The van der Waals surface area contributed by atoms with E-state index in [9.17, 15) is 28.8 Å². The van der Waals surface area contributed by atoms with Crippen molar-refractivity contribution in [1.29, 1.82) is 0 Å². The topological polar surface area (TPSA) is 201 Å². The van der Waals surface area contributed by atoms with Crippen LogP contribution in [0.3, 0.4) is 0 Å². The molecular formula is C34H40N8O7S. The van der Waals surface area contributed by atoms with Crippen LogP contribution in [-0.4, -0.2) is 67.7 Å². The van der Waals surface area contributed by atoms with E-state index in [1.54, 1.807) is 12.3 Å². The Hall–Kier alpha value is -5.38. The zero-order valence-corrected chi connectivity index (χ0v) is 29.1. The van der Waals surface area contributed by atoms with Crippen LogP contribution in [-0.2, 0) is 22.6 Å². The Labute approximate surface area is 291 Å². The van der Waals surface area contributed by atoms with Crippen LogP contribution in [0, 0.1) is 19.8 Å². The molecule has 264 valence electrons. The van der Waals surface area contributed by atoms with E-state index in [0.29, 0.717) is 11.4 Å². The summed E-state index contributed by atoms with van der Waals surface area (Å²) in [6.07, 6.45) is 1.95. The van der Waals surface area contributed by atoms with Gasteiger partial charge in [0.25, 0.3) is 17.4 Å². The van der Waals surface area contributed by atoms with E-state index in [4.69, 9.17) is 4.42 Å². The molecule has 5 rings (SSSR count). The number of thiazole rings is 1. The van der Waals surface area contributed by atoms with E-state index in [0.717, 1.165) is 10.1 Å². The lowest BCUT2D eigenvalue weighted by Crippen LogP contribution is -2.43. The first-order chi connectivity index (χ1) is 23.9. The minimum absolute atomic E-state index is 0.0316. The van der Waals surface area contributed by atoms with Gasteiger partial charge in [0.2, 0.25) is 17.7 Å². The first-order valence-electron chi connectivity index (χ1n) is 16.3. The first-order valence-corrected chi connectivity index (χ1v) is 17.2. The molecular weight excluding hydrogens is 664 g/mol. The summed E-state index contributed by atoms with van der Waals surface area (Å²) in [7, 11) is 0. The van der Waals surface area contributed by atoms with Crippen LogP contribution in [0.4, 0.5) is 0 Å². The summed E-state index contributed by atoms with van der Waals surface area (Å²) in [5, 5.41) is 10.9. The van der Waals surface area contributed by atoms with Crippen molar-refractivity contribution < 1.29 is 23.6 Å². The molecule has 0 spiro atoms. The molecule has 4 aromatic rings. The molecule has 0 fully saturated rings. The molecule has 0 unspecified atom stereocenters. The summed E-state index contributed by atoms with van der Waals surface area (Å²) in [6.45, 7) is 6.95. The van der Waals surface area contributed by atoms with E-state index < -0.39 is 41.1 Å². The fourth-order valence-electron chi connectivity index (χ4n) is 5.52. The van der Waals surface area contributed by atoms with E-state index in [1.807, 2.05) is 44.2 Å². The quantitative estimate of drug-likeness (QED) is 0.240. The van der Waals surface area contributed by atoms with Gasteiger partial charge in [-0.2, -0.15) is 0 Å². The zero-order valence-electron chi connectivity index (χ0n) is 28.3. The number of nitrogens with one attached hydrogen (secondary N) is 4. The largest absolute Gasteiger partial charge is 0.443 e. The lowest BCUT2D eigenvalue weighted by Gasteiger charge is -2.23. The predicted octanol–water partition coefficient (Wildman–Crippen LogP) is 2.18. The second-order valence-corrected chi connectivity index (χ2v) is 13.4. The average Bonchev–Trinajstić information content (AvgIpc) is 3.72. The third-order valence-electron chi connectivity index (χ3n) is 8.26. The number of fused-ring (bicyclic) bond motifs is 4. The highest BCUT2D eigenvalue weighted by Gasteiger charge is 2.29. The first kappa shape index (κ1) is 35.9. The third kappa shape index (κ3) is 8.80. The van der Waals surface area contributed by atoms with Gasteiger partial charge in [-0.1, -0.05) is 44.2 Å². The summed E-state index contributed by atoms with van der Waals surface area (Å²) in [6, 6.07) is 8.26. The van der Waals surface area contributed by atoms with Gasteiger partial charge in [-0.15, -0.1) is 11.3 Å². The number of benzene rings is 1. The average molecular weight is 705 g/mol. The van der Waals surface area contributed by atoms with E-state index in [2.05, 4.69) is 30.9 Å². The second kappa shape index (κ2) is 15.9. The van der Waals surface area contributed by atoms with Gasteiger partial charge in [0.1, 0.15) is 29.0 Å². The van der Waals surface area contributed by atoms with Crippen molar-refractivity contribution in [2.75, 3.05) is 19.6 Å². The summed E-state index contributed by atoms with van der Waals surface area (Å²) in [4.78, 5) is 90.3. The molecule has 4 heterocycles. The summed E-state index contributed by atoms with van der Waals surface area (Å²) in [5.41, 5.74) is 0.164. The van der Waals surface area contributed by atoms with Crippen molar-refractivity contribution in [2.45, 2.75) is 65.6 Å². The number of H-pyrrole nitrogens is 1. The van der Waals surface area contributed by atoms with Crippen LogP contribution >= 0.6 is 11.3 Å².